The molecular weight excluding hydrogens is 202 g/mol. The minimum Gasteiger partial charge on any atom is -0.326 e. The first-order valence-electron chi connectivity index (χ1n) is 4.98. The van der Waals surface area contributed by atoms with E-state index in [0.717, 1.165) is 11.3 Å². The molecule has 16 heavy (non-hydrogen) atoms. The van der Waals surface area contributed by atoms with Crippen LogP contribution in [-0.2, 0) is 4.79 Å². The molecule has 1 aromatic rings. The van der Waals surface area contributed by atoms with E-state index in [-0.39, 0.29) is 11.9 Å². The van der Waals surface area contributed by atoms with Gasteiger partial charge in [-0.2, -0.15) is 5.26 Å². The van der Waals surface area contributed by atoms with Gasteiger partial charge in [-0.3, -0.25) is 9.69 Å². The number of amides is 1. The van der Waals surface area contributed by atoms with Crippen molar-refractivity contribution in [3.8, 4) is 6.07 Å². The van der Waals surface area contributed by atoms with Crippen LogP contribution in [-0.4, -0.2) is 24.9 Å². The van der Waals surface area contributed by atoms with Gasteiger partial charge in [0.2, 0.25) is 5.91 Å². The summed E-state index contributed by atoms with van der Waals surface area (Å²) in [7, 11) is 3.71. The van der Waals surface area contributed by atoms with Crippen molar-refractivity contribution in [2.24, 2.45) is 0 Å². The third-order valence-electron chi connectivity index (χ3n) is 2.19. The van der Waals surface area contributed by atoms with Gasteiger partial charge >= 0.3 is 0 Å². The SMILES string of the molecule is CC(=O)Nc1ccc(C(C#N)N(C)C)cc1. The van der Waals surface area contributed by atoms with Crippen LogP contribution in [0.25, 0.3) is 0 Å². The Morgan fingerprint density at radius 3 is 2.31 bits per heavy atom. The molecule has 4 nitrogen and oxygen atoms in total. The van der Waals surface area contributed by atoms with Gasteiger partial charge in [-0.15, -0.1) is 0 Å². The van der Waals surface area contributed by atoms with Crippen LogP contribution in [0.2, 0.25) is 0 Å². The van der Waals surface area contributed by atoms with E-state index in [1.54, 1.807) is 12.1 Å². The lowest BCUT2D eigenvalue weighted by Gasteiger charge is -2.17. The molecule has 0 heterocycles. The number of hydrogen-bond acceptors (Lipinski definition) is 3. The number of rotatable bonds is 3. The molecular formula is C12H15N3O. The van der Waals surface area contributed by atoms with Crippen molar-refractivity contribution in [3.05, 3.63) is 29.8 Å². The summed E-state index contributed by atoms with van der Waals surface area (Å²) in [6, 6.07) is 9.24. The Balaban J connectivity index is 2.86. The van der Waals surface area contributed by atoms with E-state index in [1.807, 2.05) is 31.1 Å². The molecule has 4 heteroatoms. The highest BCUT2D eigenvalue weighted by Crippen LogP contribution is 2.19. The van der Waals surface area contributed by atoms with Gasteiger partial charge in [0.15, 0.2) is 0 Å². The molecule has 0 aliphatic rings. The Morgan fingerprint density at radius 1 is 1.38 bits per heavy atom. The van der Waals surface area contributed by atoms with Gasteiger partial charge in [-0.05, 0) is 31.8 Å². The normalized spacial score (nSPS) is 11.9. The van der Waals surface area contributed by atoms with Gasteiger partial charge in [0.25, 0.3) is 0 Å². The fourth-order valence-corrected chi connectivity index (χ4v) is 1.44. The lowest BCUT2D eigenvalue weighted by atomic mass is 10.1. The maximum absolute atomic E-state index is 10.8. The van der Waals surface area contributed by atoms with Gasteiger partial charge in [0, 0.05) is 12.6 Å². The number of carbonyl (C=O) groups is 1. The lowest BCUT2D eigenvalue weighted by Crippen LogP contribution is -2.18. The molecule has 0 aliphatic carbocycles. The molecule has 1 aromatic carbocycles. The fraction of sp³-hybridized carbons (Fsp3) is 0.333. The minimum atomic E-state index is -0.258. The first-order chi connectivity index (χ1) is 7.54. The van der Waals surface area contributed by atoms with Crippen LogP contribution in [0.5, 0.6) is 0 Å². The van der Waals surface area contributed by atoms with Crippen molar-refractivity contribution in [2.75, 3.05) is 19.4 Å². The summed E-state index contributed by atoms with van der Waals surface area (Å²) in [5.74, 6) is -0.0998. The largest absolute Gasteiger partial charge is 0.326 e. The third-order valence-corrected chi connectivity index (χ3v) is 2.19. The molecule has 0 aromatic heterocycles. The summed E-state index contributed by atoms with van der Waals surface area (Å²) >= 11 is 0. The van der Waals surface area contributed by atoms with Gasteiger partial charge in [-0.25, -0.2) is 0 Å². The molecule has 0 fully saturated rings. The Morgan fingerprint density at radius 2 is 1.94 bits per heavy atom. The van der Waals surface area contributed by atoms with E-state index >= 15 is 0 Å². The average Bonchev–Trinajstić information content (AvgIpc) is 2.20. The quantitative estimate of drug-likeness (QED) is 0.839. The van der Waals surface area contributed by atoms with Gasteiger partial charge in [-0.1, -0.05) is 12.1 Å². The predicted molar refractivity (Wildman–Crippen MR) is 62.8 cm³/mol. The molecule has 1 rings (SSSR count). The molecule has 1 atom stereocenters. The lowest BCUT2D eigenvalue weighted by molar-refractivity contribution is -0.114. The Bertz CT molecular complexity index is 403. The summed E-state index contributed by atoms with van der Waals surface area (Å²) in [6.07, 6.45) is 0. The molecule has 0 spiro atoms. The maximum Gasteiger partial charge on any atom is 0.221 e. The van der Waals surface area contributed by atoms with E-state index in [2.05, 4.69) is 11.4 Å². The summed E-state index contributed by atoms with van der Waals surface area (Å²) in [5, 5.41) is 11.7. The van der Waals surface area contributed by atoms with Crippen molar-refractivity contribution in [2.45, 2.75) is 13.0 Å². The molecule has 0 saturated heterocycles. The minimum absolute atomic E-state index is 0.0998. The zero-order valence-corrected chi connectivity index (χ0v) is 9.69. The van der Waals surface area contributed by atoms with Crippen LogP contribution in [0.3, 0.4) is 0 Å². The van der Waals surface area contributed by atoms with Gasteiger partial charge in [0.05, 0.1) is 6.07 Å². The van der Waals surface area contributed by atoms with E-state index in [0.29, 0.717) is 0 Å². The molecule has 0 saturated carbocycles. The molecule has 84 valence electrons. The molecule has 0 radical (unpaired) electrons. The van der Waals surface area contributed by atoms with Crippen molar-refractivity contribution >= 4 is 11.6 Å². The first-order valence-corrected chi connectivity index (χ1v) is 4.98. The van der Waals surface area contributed by atoms with Crippen LogP contribution in [0.4, 0.5) is 5.69 Å². The molecule has 1 amide bonds. The van der Waals surface area contributed by atoms with Crippen LogP contribution in [0.15, 0.2) is 24.3 Å². The second-order valence-electron chi connectivity index (χ2n) is 3.80. The number of carbonyl (C=O) groups excluding carboxylic acids is 1. The van der Waals surface area contributed by atoms with Crippen molar-refractivity contribution in [1.29, 1.82) is 5.26 Å². The highest BCUT2D eigenvalue weighted by Gasteiger charge is 2.12. The number of nitriles is 1. The third kappa shape index (κ3) is 3.07. The fourth-order valence-electron chi connectivity index (χ4n) is 1.44. The highest BCUT2D eigenvalue weighted by molar-refractivity contribution is 5.88. The second-order valence-corrected chi connectivity index (χ2v) is 3.80. The second kappa shape index (κ2) is 5.29. The number of hydrogen-bond donors (Lipinski definition) is 1. The van der Waals surface area contributed by atoms with Crippen LogP contribution >= 0.6 is 0 Å². The Kier molecular flexibility index (Phi) is 4.03. The van der Waals surface area contributed by atoms with Crippen LogP contribution in [0, 0.1) is 11.3 Å². The predicted octanol–water partition coefficient (Wildman–Crippen LogP) is 1.77. The zero-order valence-electron chi connectivity index (χ0n) is 9.69. The van der Waals surface area contributed by atoms with Crippen LogP contribution < -0.4 is 5.32 Å². The highest BCUT2D eigenvalue weighted by atomic mass is 16.1. The van der Waals surface area contributed by atoms with E-state index in [1.165, 1.54) is 6.92 Å². The number of anilines is 1. The summed E-state index contributed by atoms with van der Waals surface area (Å²) in [5.41, 5.74) is 1.66. The average molecular weight is 217 g/mol. The van der Waals surface area contributed by atoms with E-state index in [9.17, 15) is 4.79 Å². The molecule has 1 N–H and O–H groups in total. The summed E-state index contributed by atoms with van der Waals surface area (Å²) < 4.78 is 0. The Labute approximate surface area is 95.5 Å². The van der Waals surface area contributed by atoms with Crippen molar-refractivity contribution in [3.63, 3.8) is 0 Å². The molecule has 1 unspecified atom stereocenters. The Hall–Kier alpha value is -1.86. The number of benzene rings is 1. The first kappa shape index (κ1) is 12.2. The van der Waals surface area contributed by atoms with Gasteiger partial charge < -0.3 is 5.32 Å². The molecule has 0 aliphatic heterocycles. The summed E-state index contributed by atoms with van der Waals surface area (Å²) in [6.45, 7) is 1.46. The zero-order chi connectivity index (χ0) is 12.1. The van der Waals surface area contributed by atoms with E-state index in [4.69, 9.17) is 5.26 Å². The number of nitrogens with zero attached hydrogens (tertiary/aromatic N) is 2. The monoisotopic (exact) mass is 217 g/mol. The standard InChI is InChI=1S/C12H15N3O/c1-9(16)14-11-6-4-10(5-7-11)12(8-13)15(2)3/h4-7,12H,1-3H3,(H,14,16). The summed E-state index contributed by atoms with van der Waals surface area (Å²) in [4.78, 5) is 12.7. The number of nitrogens with one attached hydrogen (secondary N) is 1. The van der Waals surface area contributed by atoms with Crippen molar-refractivity contribution in [1.82, 2.24) is 4.90 Å². The maximum atomic E-state index is 10.8. The smallest absolute Gasteiger partial charge is 0.221 e. The van der Waals surface area contributed by atoms with Crippen LogP contribution in [0.1, 0.15) is 18.5 Å². The van der Waals surface area contributed by atoms with Crippen molar-refractivity contribution < 1.29 is 4.79 Å². The van der Waals surface area contributed by atoms with E-state index < -0.39 is 0 Å². The van der Waals surface area contributed by atoms with Gasteiger partial charge in [0.1, 0.15) is 6.04 Å². The topological polar surface area (TPSA) is 56.1 Å². The molecule has 0 bridgehead atoms.